The lowest BCUT2D eigenvalue weighted by Gasteiger charge is -2.05. The van der Waals surface area contributed by atoms with E-state index in [4.69, 9.17) is 12.2 Å². The molecule has 0 aliphatic heterocycles. The van der Waals surface area contributed by atoms with Crippen molar-refractivity contribution in [1.82, 2.24) is 10.3 Å². The van der Waals surface area contributed by atoms with Crippen LogP contribution in [0.2, 0.25) is 0 Å². The number of rotatable bonds is 4. The van der Waals surface area contributed by atoms with Gasteiger partial charge in [-0.3, -0.25) is 4.98 Å². The van der Waals surface area contributed by atoms with Gasteiger partial charge in [0.15, 0.2) is 0 Å². The Morgan fingerprint density at radius 3 is 2.93 bits per heavy atom. The van der Waals surface area contributed by atoms with Crippen LogP contribution in [-0.4, -0.2) is 15.1 Å². The van der Waals surface area contributed by atoms with Crippen LogP contribution in [0, 0.1) is 0 Å². The van der Waals surface area contributed by atoms with E-state index in [2.05, 4.69) is 16.9 Å². The lowest BCUT2D eigenvalue weighted by Crippen LogP contribution is -2.17. The van der Waals surface area contributed by atoms with Crippen LogP contribution in [-0.2, 0) is 6.54 Å². The molecule has 0 unspecified atom stereocenters. The molecule has 0 aliphatic carbocycles. The van der Waals surface area contributed by atoms with Gasteiger partial charge >= 0.3 is 0 Å². The molecule has 4 heteroatoms. The number of hydrogen-bond donors (Lipinski definition) is 1. The number of aromatic nitrogens is 1. The fourth-order valence-electron chi connectivity index (χ4n) is 0.861. The minimum absolute atomic E-state index is 0.755. The van der Waals surface area contributed by atoms with E-state index in [1.807, 2.05) is 18.2 Å². The van der Waals surface area contributed by atoms with Crippen molar-refractivity contribution in [3.05, 3.63) is 42.7 Å². The summed E-state index contributed by atoms with van der Waals surface area (Å²) in [4.78, 5) is 3.94. The summed E-state index contributed by atoms with van der Waals surface area (Å²) in [5.41, 5.74) is 1.18. The monoisotopic (exact) mass is 224 g/mol. The molecular weight excluding hydrogens is 212 g/mol. The maximum Gasteiger partial charge on any atom is 0.134 e. The van der Waals surface area contributed by atoms with Crippen LogP contribution in [0.4, 0.5) is 0 Å². The summed E-state index contributed by atoms with van der Waals surface area (Å²) in [5.74, 6) is 0.849. The number of hydrogen-bond acceptors (Lipinski definition) is 3. The minimum atomic E-state index is 0.755. The lowest BCUT2D eigenvalue weighted by molar-refractivity contribution is 0.935. The third-order valence-corrected chi connectivity index (χ3v) is 2.83. The van der Waals surface area contributed by atoms with Gasteiger partial charge in [0.25, 0.3) is 0 Å². The van der Waals surface area contributed by atoms with Crippen LogP contribution in [0.5, 0.6) is 0 Å². The van der Waals surface area contributed by atoms with Gasteiger partial charge in [0.05, 0.1) is 0 Å². The number of nitrogens with zero attached hydrogens (tertiary/aromatic N) is 1. The fourth-order valence-corrected chi connectivity index (χ4v) is 1.58. The summed E-state index contributed by atoms with van der Waals surface area (Å²) >= 11 is 6.69. The van der Waals surface area contributed by atoms with Gasteiger partial charge in [-0.1, -0.05) is 30.1 Å². The van der Waals surface area contributed by atoms with Gasteiger partial charge in [0.2, 0.25) is 0 Å². The van der Waals surface area contributed by atoms with Gasteiger partial charge in [0, 0.05) is 24.7 Å². The van der Waals surface area contributed by atoms with Crippen molar-refractivity contribution < 1.29 is 0 Å². The summed E-state index contributed by atoms with van der Waals surface area (Å²) in [6.45, 7) is 4.39. The smallest absolute Gasteiger partial charge is 0.134 e. The Kier molecular flexibility index (Phi) is 5.25. The molecule has 0 aromatic carbocycles. The maximum atomic E-state index is 5.11. The first-order chi connectivity index (χ1) is 6.83. The predicted molar refractivity (Wildman–Crippen MR) is 66.3 cm³/mol. The molecule has 0 bridgehead atoms. The third kappa shape index (κ3) is 4.39. The van der Waals surface area contributed by atoms with E-state index in [1.54, 1.807) is 24.2 Å². The molecule has 0 saturated heterocycles. The van der Waals surface area contributed by atoms with E-state index in [-0.39, 0.29) is 0 Å². The third-order valence-electron chi connectivity index (χ3n) is 1.52. The SMILES string of the molecule is C=CCSC(=S)NCc1ccncc1. The second kappa shape index (κ2) is 6.56. The molecule has 1 N–H and O–H groups in total. The summed E-state index contributed by atoms with van der Waals surface area (Å²) in [6.07, 6.45) is 5.39. The second-order valence-electron chi connectivity index (χ2n) is 2.60. The Balaban J connectivity index is 2.27. The molecule has 0 spiro atoms. The Hall–Kier alpha value is -0.870. The van der Waals surface area contributed by atoms with Crippen molar-refractivity contribution in [2.24, 2.45) is 0 Å². The Labute approximate surface area is 93.8 Å². The van der Waals surface area contributed by atoms with Crippen molar-refractivity contribution in [2.75, 3.05) is 5.75 Å². The van der Waals surface area contributed by atoms with Crippen LogP contribution in [0.25, 0.3) is 0 Å². The van der Waals surface area contributed by atoms with E-state index in [0.717, 1.165) is 16.6 Å². The summed E-state index contributed by atoms with van der Waals surface area (Å²) in [6, 6.07) is 3.93. The highest BCUT2D eigenvalue weighted by molar-refractivity contribution is 8.23. The van der Waals surface area contributed by atoms with E-state index in [9.17, 15) is 0 Å². The van der Waals surface area contributed by atoms with Crippen molar-refractivity contribution in [2.45, 2.75) is 6.54 Å². The van der Waals surface area contributed by atoms with Crippen molar-refractivity contribution >= 4 is 28.3 Å². The van der Waals surface area contributed by atoms with Crippen molar-refractivity contribution in [3.8, 4) is 0 Å². The Morgan fingerprint density at radius 1 is 1.57 bits per heavy atom. The van der Waals surface area contributed by atoms with Crippen molar-refractivity contribution in [3.63, 3.8) is 0 Å². The minimum Gasteiger partial charge on any atom is -0.367 e. The number of thiocarbonyl (C=S) groups is 1. The first-order valence-corrected chi connectivity index (χ1v) is 5.62. The zero-order valence-electron chi connectivity index (χ0n) is 7.77. The summed E-state index contributed by atoms with van der Waals surface area (Å²) < 4.78 is 0.807. The summed E-state index contributed by atoms with van der Waals surface area (Å²) in [7, 11) is 0. The predicted octanol–water partition coefficient (Wildman–Crippen LogP) is 2.38. The van der Waals surface area contributed by atoms with Crippen LogP contribution < -0.4 is 5.32 Å². The second-order valence-corrected chi connectivity index (χ2v) is 4.29. The maximum absolute atomic E-state index is 5.11. The highest BCUT2D eigenvalue weighted by Gasteiger charge is 1.95. The molecule has 0 radical (unpaired) electrons. The molecule has 1 aromatic rings. The van der Waals surface area contributed by atoms with Crippen molar-refractivity contribution in [1.29, 1.82) is 0 Å². The largest absolute Gasteiger partial charge is 0.367 e. The highest BCUT2D eigenvalue weighted by atomic mass is 32.2. The standard InChI is InChI=1S/C10H12N2S2/c1-2-7-14-10(13)12-8-9-3-5-11-6-4-9/h2-6H,1,7-8H2,(H,12,13). The lowest BCUT2D eigenvalue weighted by atomic mass is 10.3. The van der Waals surface area contributed by atoms with E-state index in [0.29, 0.717) is 0 Å². The van der Waals surface area contributed by atoms with E-state index >= 15 is 0 Å². The van der Waals surface area contributed by atoms with Gasteiger partial charge in [-0.2, -0.15) is 0 Å². The van der Waals surface area contributed by atoms with Gasteiger partial charge in [-0.15, -0.1) is 6.58 Å². The molecule has 14 heavy (non-hydrogen) atoms. The summed E-state index contributed by atoms with van der Waals surface area (Å²) in [5, 5.41) is 3.15. The molecule has 0 aliphatic rings. The molecular formula is C10H12N2S2. The Bertz CT molecular complexity index is 298. The van der Waals surface area contributed by atoms with Crippen LogP contribution in [0.3, 0.4) is 0 Å². The molecule has 1 aromatic heterocycles. The van der Waals surface area contributed by atoms with Gasteiger partial charge in [-0.05, 0) is 17.7 Å². The van der Waals surface area contributed by atoms with Gasteiger partial charge in [-0.25, -0.2) is 0 Å². The zero-order chi connectivity index (χ0) is 10.2. The molecule has 0 fully saturated rings. The van der Waals surface area contributed by atoms with E-state index < -0.39 is 0 Å². The van der Waals surface area contributed by atoms with Gasteiger partial charge in [0.1, 0.15) is 4.32 Å². The van der Waals surface area contributed by atoms with Crippen LogP contribution in [0.1, 0.15) is 5.56 Å². The highest BCUT2D eigenvalue weighted by Crippen LogP contribution is 2.03. The van der Waals surface area contributed by atoms with E-state index in [1.165, 1.54) is 5.56 Å². The molecule has 0 amide bonds. The zero-order valence-corrected chi connectivity index (χ0v) is 9.40. The quantitative estimate of drug-likeness (QED) is 0.627. The number of nitrogens with one attached hydrogen (secondary N) is 1. The van der Waals surface area contributed by atoms with Gasteiger partial charge < -0.3 is 5.32 Å². The topological polar surface area (TPSA) is 24.9 Å². The average Bonchev–Trinajstić information content (AvgIpc) is 2.25. The van der Waals surface area contributed by atoms with Crippen LogP contribution >= 0.6 is 24.0 Å². The molecule has 2 nitrogen and oxygen atoms in total. The molecule has 74 valence electrons. The first-order valence-electron chi connectivity index (χ1n) is 4.23. The first kappa shape index (κ1) is 11.2. The molecule has 0 saturated carbocycles. The molecule has 1 heterocycles. The molecule has 1 rings (SSSR count). The number of pyridine rings is 1. The average molecular weight is 224 g/mol. The number of thioether (sulfide) groups is 1. The normalized spacial score (nSPS) is 9.43. The fraction of sp³-hybridized carbons (Fsp3) is 0.200. The van der Waals surface area contributed by atoms with Crippen LogP contribution in [0.15, 0.2) is 37.2 Å². The Morgan fingerprint density at radius 2 is 2.29 bits per heavy atom. The molecule has 0 atom stereocenters.